The molecule has 3 rings (SSSR count). The molecule has 5 nitrogen and oxygen atoms in total. The maximum atomic E-state index is 13.3. The standard InChI is InChI=1S/C18H23F2N3O2/c19-14-7-13(8-15(20)9-14)11-23-12-18(10-17(23)25)2-5-22(6-3-18)16(24)1-4-21/h7-9H,1-6,10-12,21H2. The summed E-state index contributed by atoms with van der Waals surface area (Å²) in [4.78, 5) is 27.8. The molecule has 2 fully saturated rings. The molecule has 0 aliphatic carbocycles. The fourth-order valence-electron chi connectivity index (χ4n) is 3.90. The number of benzene rings is 1. The summed E-state index contributed by atoms with van der Waals surface area (Å²) in [6.45, 7) is 2.40. The Morgan fingerprint density at radius 3 is 2.40 bits per heavy atom. The number of carbonyl (C=O) groups is 2. The Hall–Kier alpha value is -2.02. The molecule has 0 saturated carbocycles. The zero-order chi connectivity index (χ0) is 18.0. The van der Waals surface area contributed by atoms with Gasteiger partial charge in [0.2, 0.25) is 11.8 Å². The van der Waals surface area contributed by atoms with Gasteiger partial charge in [0.15, 0.2) is 0 Å². The number of hydrogen-bond acceptors (Lipinski definition) is 3. The molecule has 0 radical (unpaired) electrons. The number of hydrogen-bond donors (Lipinski definition) is 1. The van der Waals surface area contributed by atoms with Crippen LogP contribution in [0.15, 0.2) is 18.2 Å². The van der Waals surface area contributed by atoms with Crippen molar-refractivity contribution in [2.24, 2.45) is 11.1 Å². The van der Waals surface area contributed by atoms with Gasteiger partial charge in [-0.1, -0.05) is 0 Å². The summed E-state index contributed by atoms with van der Waals surface area (Å²) in [5, 5.41) is 0. The average molecular weight is 351 g/mol. The van der Waals surface area contributed by atoms with E-state index in [1.807, 2.05) is 4.90 Å². The first-order valence-electron chi connectivity index (χ1n) is 8.61. The van der Waals surface area contributed by atoms with Crippen molar-refractivity contribution in [2.45, 2.75) is 32.2 Å². The molecule has 0 aromatic heterocycles. The molecule has 0 atom stereocenters. The zero-order valence-corrected chi connectivity index (χ0v) is 14.1. The van der Waals surface area contributed by atoms with Crippen molar-refractivity contribution in [2.75, 3.05) is 26.2 Å². The minimum Gasteiger partial charge on any atom is -0.343 e. The number of likely N-dealkylation sites (tertiary alicyclic amines) is 2. The predicted molar refractivity (Wildman–Crippen MR) is 88.3 cm³/mol. The Balaban J connectivity index is 1.62. The van der Waals surface area contributed by atoms with Crippen LogP contribution in [-0.4, -0.2) is 47.8 Å². The summed E-state index contributed by atoms with van der Waals surface area (Å²) < 4.78 is 26.7. The number of nitrogens with zero attached hydrogens (tertiary/aromatic N) is 2. The van der Waals surface area contributed by atoms with Crippen LogP contribution in [0, 0.1) is 17.0 Å². The lowest BCUT2D eigenvalue weighted by molar-refractivity contribution is -0.133. The normalized spacial score (nSPS) is 19.7. The third kappa shape index (κ3) is 3.98. The lowest BCUT2D eigenvalue weighted by Crippen LogP contribution is -2.44. The van der Waals surface area contributed by atoms with E-state index in [9.17, 15) is 18.4 Å². The van der Waals surface area contributed by atoms with E-state index in [-0.39, 0.29) is 23.8 Å². The van der Waals surface area contributed by atoms with Crippen LogP contribution in [0.4, 0.5) is 8.78 Å². The van der Waals surface area contributed by atoms with Crippen LogP contribution in [-0.2, 0) is 16.1 Å². The predicted octanol–water partition coefficient (Wildman–Crippen LogP) is 1.65. The number of amides is 2. The monoisotopic (exact) mass is 351 g/mol. The van der Waals surface area contributed by atoms with Crippen molar-refractivity contribution >= 4 is 11.8 Å². The van der Waals surface area contributed by atoms with Gasteiger partial charge in [0.05, 0.1) is 0 Å². The highest BCUT2D eigenvalue weighted by atomic mass is 19.1. The summed E-state index contributed by atoms with van der Waals surface area (Å²) >= 11 is 0. The highest BCUT2D eigenvalue weighted by Gasteiger charge is 2.45. The molecule has 2 amide bonds. The van der Waals surface area contributed by atoms with E-state index in [1.165, 1.54) is 12.1 Å². The second-order valence-electron chi connectivity index (χ2n) is 7.12. The Labute approximate surface area is 145 Å². The number of halogens is 2. The Morgan fingerprint density at radius 1 is 1.16 bits per heavy atom. The van der Waals surface area contributed by atoms with Gasteiger partial charge in [0.1, 0.15) is 11.6 Å². The van der Waals surface area contributed by atoms with Crippen LogP contribution >= 0.6 is 0 Å². The van der Waals surface area contributed by atoms with Gasteiger partial charge < -0.3 is 15.5 Å². The molecule has 7 heteroatoms. The van der Waals surface area contributed by atoms with E-state index >= 15 is 0 Å². The van der Waals surface area contributed by atoms with Crippen molar-refractivity contribution in [3.05, 3.63) is 35.4 Å². The number of piperidine rings is 1. The minimum absolute atomic E-state index is 0.00593. The summed E-state index contributed by atoms with van der Waals surface area (Å²) in [6.07, 6.45) is 2.32. The van der Waals surface area contributed by atoms with E-state index < -0.39 is 11.6 Å². The van der Waals surface area contributed by atoms with Crippen LogP contribution < -0.4 is 5.73 Å². The van der Waals surface area contributed by atoms with Gasteiger partial charge in [-0.05, 0) is 30.5 Å². The van der Waals surface area contributed by atoms with Crippen LogP contribution in [0.5, 0.6) is 0 Å². The van der Waals surface area contributed by atoms with Crippen molar-refractivity contribution in [3.8, 4) is 0 Å². The van der Waals surface area contributed by atoms with Gasteiger partial charge >= 0.3 is 0 Å². The number of carbonyl (C=O) groups excluding carboxylic acids is 2. The first-order chi connectivity index (χ1) is 11.9. The molecule has 1 aromatic carbocycles. The molecule has 0 unspecified atom stereocenters. The maximum Gasteiger partial charge on any atom is 0.223 e. The zero-order valence-electron chi connectivity index (χ0n) is 14.1. The van der Waals surface area contributed by atoms with Crippen molar-refractivity contribution in [1.29, 1.82) is 0 Å². The third-order valence-electron chi connectivity index (χ3n) is 5.24. The second kappa shape index (κ2) is 7.07. The molecule has 25 heavy (non-hydrogen) atoms. The van der Waals surface area contributed by atoms with Crippen LogP contribution in [0.1, 0.15) is 31.2 Å². The molecule has 2 saturated heterocycles. The van der Waals surface area contributed by atoms with Gasteiger partial charge in [-0.15, -0.1) is 0 Å². The maximum absolute atomic E-state index is 13.3. The van der Waals surface area contributed by atoms with E-state index in [0.29, 0.717) is 44.6 Å². The van der Waals surface area contributed by atoms with Gasteiger partial charge in [0, 0.05) is 57.0 Å². The number of nitrogens with two attached hydrogens (primary N) is 1. The SMILES string of the molecule is NCCC(=O)N1CCC2(CC1)CC(=O)N(Cc1cc(F)cc(F)c1)C2. The second-order valence-corrected chi connectivity index (χ2v) is 7.12. The fourth-order valence-corrected chi connectivity index (χ4v) is 3.90. The highest BCUT2D eigenvalue weighted by Crippen LogP contribution is 2.41. The molecule has 136 valence electrons. The average Bonchev–Trinajstić information content (AvgIpc) is 2.82. The molecule has 1 spiro atoms. The molecular formula is C18H23F2N3O2. The largest absolute Gasteiger partial charge is 0.343 e. The molecule has 2 aliphatic rings. The topological polar surface area (TPSA) is 66.6 Å². The van der Waals surface area contributed by atoms with E-state index in [2.05, 4.69) is 0 Å². The van der Waals surface area contributed by atoms with Gasteiger partial charge in [-0.25, -0.2) is 8.78 Å². The van der Waals surface area contributed by atoms with Gasteiger partial charge in [0.25, 0.3) is 0 Å². The highest BCUT2D eigenvalue weighted by molar-refractivity contribution is 5.80. The fraction of sp³-hybridized carbons (Fsp3) is 0.556. The summed E-state index contributed by atoms with van der Waals surface area (Å²) in [6, 6.07) is 3.34. The molecule has 2 heterocycles. The molecule has 1 aromatic rings. The van der Waals surface area contributed by atoms with E-state index in [1.54, 1.807) is 4.90 Å². The van der Waals surface area contributed by atoms with E-state index in [4.69, 9.17) is 5.73 Å². The first kappa shape index (κ1) is 17.8. The molecule has 0 bridgehead atoms. The van der Waals surface area contributed by atoms with Crippen LogP contribution in [0.2, 0.25) is 0 Å². The summed E-state index contributed by atoms with van der Waals surface area (Å²) in [5.41, 5.74) is 5.75. The third-order valence-corrected chi connectivity index (χ3v) is 5.24. The minimum atomic E-state index is -0.636. The van der Waals surface area contributed by atoms with Crippen molar-refractivity contribution < 1.29 is 18.4 Å². The molecule has 2 N–H and O–H groups in total. The Kier molecular flexibility index (Phi) is 5.03. The summed E-state index contributed by atoms with van der Waals surface area (Å²) in [5.74, 6) is -1.20. The molecule has 2 aliphatic heterocycles. The van der Waals surface area contributed by atoms with E-state index in [0.717, 1.165) is 18.9 Å². The Bertz CT molecular complexity index is 652. The first-order valence-corrected chi connectivity index (χ1v) is 8.61. The van der Waals surface area contributed by atoms with Crippen LogP contribution in [0.3, 0.4) is 0 Å². The van der Waals surface area contributed by atoms with Crippen LogP contribution in [0.25, 0.3) is 0 Å². The summed E-state index contributed by atoms with van der Waals surface area (Å²) in [7, 11) is 0. The lowest BCUT2D eigenvalue weighted by atomic mass is 9.77. The quantitative estimate of drug-likeness (QED) is 0.897. The van der Waals surface area contributed by atoms with Crippen molar-refractivity contribution in [1.82, 2.24) is 9.80 Å². The smallest absolute Gasteiger partial charge is 0.223 e. The lowest BCUT2D eigenvalue weighted by Gasteiger charge is -2.38. The van der Waals surface area contributed by atoms with Gasteiger partial charge in [-0.2, -0.15) is 0 Å². The Morgan fingerprint density at radius 2 is 1.80 bits per heavy atom. The molecular weight excluding hydrogens is 328 g/mol. The van der Waals surface area contributed by atoms with Crippen molar-refractivity contribution in [3.63, 3.8) is 0 Å². The number of rotatable bonds is 4. The van der Waals surface area contributed by atoms with Gasteiger partial charge in [-0.3, -0.25) is 9.59 Å².